The molecule has 30 heavy (non-hydrogen) atoms. The van der Waals surface area contributed by atoms with Gasteiger partial charge in [-0.2, -0.15) is 13.2 Å². The number of nitrogens with two attached hydrogens (primary N) is 1. The number of carbonyl (C=O) groups is 1. The predicted molar refractivity (Wildman–Crippen MR) is 99.5 cm³/mol. The second-order valence-electron chi connectivity index (χ2n) is 5.79. The molecule has 8 nitrogen and oxygen atoms in total. The lowest BCUT2D eigenvalue weighted by Crippen LogP contribution is -2.21. The molecule has 160 valence electrons. The Hall–Kier alpha value is -3.47. The number of pyridine rings is 2. The van der Waals surface area contributed by atoms with Crippen molar-refractivity contribution in [2.24, 2.45) is 5.73 Å². The van der Waals surface area contributed by atoms with Crippen LogP contribution in [0.15, 0.2) is 47.4 Å². The van der Waals surface area contributed by atoms with Crippen molar-refractivity contribution in [3.63, 3.8) is 0 Å². The van der Waals surface area contributed by atoms with Gasteiger partial charge in [0.15, 0.2) is 0 Å². The molecule has 0 unspecified atom stereocenters. The summed E-state index contributed by atoms with van der Waals surface area (Å²) in [5.41, 5.74) is 6.90. The minimum absolute atomic E-state index is 0.240. The van der Waals surface area contributed by atoms with E-state index in [-0.39, 0.29) is 6.61 Å². The number of nitrogens with zero attached hydrogens (tertiary/aromatic N) is 3. The van der Waals surface area contributed by atoms with E-state index in [2.05, 4.69) is 25.6 Å². The fraction of sp³-hybridized carbons (Fsp3) is 0.263. The number of hydrogen-bond acceptors (Lipinski definition) is 8. The van der Waals surface area contributed by atoms with Gasteiger partial charge in [0, 0.05) is 30.2 Å². The van der Waals surface area contributed by atoms with Crippen LogP contribution in [0.5, 0.6) is 5.88 Å². The highest BCUT2D eigenvalue weighted by molar-refractivity contribution is 5.88. The minimum Gasteiger partial charge on any atom is -0.473 e. The molecule has 0 saturated heterocycles. The first-order valence-electron chi connectivity index (χ1n) is 8.54. The molecular weight excluding hydrogens is 405 g/mol. The normalized spacial score (nSPS) is 10.7. The fourth-order valence-corrected chi connectivity index (χ4v) is 2.14. The zero-order chi connectivity index (χ0) is 22.1. The summed E-state index contributed by atoms with van der Waals surface area (Å²) in [6.07, 6.45) is 0.632. The highest BCUT2D eigenvalue weighted by Crippen LogP contribution is 2.25. The van der Waals surface area contributed by atoms with Gasteiger partial charge in [0.25, 0.3) is 0 Å². The van der Waals surface area contributed by atoms with Crippen LogP contribution in [0.3, 0.4) is 0 Å². The predicted octanol–water partition coefficient (Wildman–Crippen LogP) is 3.31. The van der Waals surface area contributed by atoms with Crippen LogP contribution in [-0.2, 0) is 11.3 Å². The number of halogens is 3. The first-order chi connectivity index (χ1) is 14.2. The van der Waals surface area contributed by atoms with E-state index >= 15 is 0 Å². The molecule has 0 amide bonds. The second kappa shape index (κ2) is 10.3. The summed E-state index contributed by atoms with van der Waals surface area (Å²) in [5.74, 6) is 0.614. The van der Waals surface area contributed by atoms with Crippen LogP contribution in [0.4, 0.5) is 13.2 Å². The van der Waals surface area contributed by atoms with Crippen molar-refractivity contribution < 1.29 is 32.0 Å². The molecule has 0 aliphatic carbocycles. The molecule has 0 saturated carbocycles. The van der Waals surface area contributed by atoms with Gasteiger partial charge in [0.05, 0.1) is 24.8 Å². The smallest absolute Gasteiger partial charge is 0.400 e. The number of esters is 1. The number of aryl methyl sites for hydroxylation is 1. The maximum atomic E-state index is 11.4. The highest BCUT2D eigenvalue weighted by atomic mass is 19.4. The van der Waals surface area contributed by atoms with Crippen LogP contribution in [0.2, 0.25) is 0 Å². The maximum absolute atomic E-state index is 11.4. The van der Waals surface area contributed by atoms with Gasteiger partial charge in [0.2, 0.25) is 5.88 Å². The molecule has 0 spiro atoms. The van der Waals surface area contributed by atoms with Gasteiger partial charge in [-0.3, -0.25) is 4.98 Å². The van der Waals surface area contributed by atoms with Gasteiger partial charge in [-0.15, -0.1) is 0 Å². The highest BCUT2D eigenvalue weighted by Gasteiger charge is 2.23. The molecule has 3 rings (SSSR count). The summed E-state index contributed by atoms with van der Waals surface area (Å²) >= 11 is 0. The number of carbonyl (C=O) groups excluding carboxylic acids is 1. The van der Waals surface area contributed by atoms with E-state index < -0.39 is 18.7 Å². The van der Waals surface area contributed by atoms with Crippen molar-refractivity contribution in [1.82, 2.24) is 15.1 Å². The zero-order valence-corrected chi connectivity index (χ0v) is 16.1. The van der Waals surface area contributed by atoms with Crippen LogP contribution >= 0.6 is 0 Å². The zero-order valence-electron chi connectivity index (χ0n) is 16.1. The Labute approximate surface area is 169 Å². The fourth-order valence-electron chi connectivity index (χ4n) is 2.14. The second-order valence-corrected chi connectivity index (χ2v) is 5.79. The summed E-state index contributed by atoms with van der Waals surface area (Å²) in [4.78, 5) is 19.6. The van der Waals surface area contributed by atoms with Gasteiger partial charge in [-0.1, -0.05) is 5.16 Å². The molecule has 3 aromatic heterocycles. The Morgan fingerprint density at radius 3 is 2.50 bits per heavy atom. The van der Waals surface area contributed by atoms with Crippen LogP contribution in [0.25, 0.3) is 11.3 Å². The van der Waals surface area contributed by atoms with Gasteiger partial charge in [0.1, 0.15) is 18.1 Å². The quantitative estimate of drug-likeness (QED) is 0.621. The van der Waals surface area contributed by atoms with Crippen molar-refractivity contribution in [2.45, 2.75) is 19.7 Å². The van der Waals surface area contributed by atoms with E-state index in [0.29, 0.717) is 22.9 Å². The number of rotatable bonds is 5. The minimum atomic E-state index is -4.18. The van der Waals surface area contributed by atoms with Crippen molar-refractivity contribution in [1.29, 1.82) is 0 Å². The molecule has 2 N–H and O–H groups in total. The third-order valence-electron chi connectivity index (χ3n) is 3.67. The molecule has 3 heterocycles. The van der Waals surface area contributed by atoms with E-state index in [9.17, 15) is 18.0 Å². The number of methoxy groups -OCH3 is 1. The Bertz CT molecular complexity index is 945. The van der Waals surface area contributed by atoms with Crippen molar-refractivity contribution in [2.75, 3.05) is 13.7 Å². The lowest BCUT2D eigenvalue weighted by molar-refractivity contribution is -0.118. The molecule has 0 bridgehead atoms. The number of aromatic nitrogens is 3. The lowest BCUT2D eigenvalue weighted by atomic mass is 10.1. The molecule has 11 heteroatoms. The average Bonchev–Trinajstić information content (AvgIpc) is 3.13. The van der Waals surface area contributed by atoms with E-state index in [4.69, 9.17) is 9.26 Å². The topological polar surface area (TPSA) is 113 Å². The lowest BCUT2D eigenvalue weighted by Gasteiger charge is -2.06. The standard InChI is InChI=1S/C17H15N3O4.C2H4F3N/c1-11-14(16(20-24-11)12-4-3-7-18-8-12)10-23-15-6-5-13(9-19-15)17(21)22-2;3-2(4,5)1-6/h3-9H,10H2,1-2H3;1,6H2. The molecule has 0 aromatic carbocycles. The molecule has 0 aliphatic heterocycles. The SMILES string of the molecule is COC(=O)c1ccc(OCc2c(-c3cccnc3)noc2C)nc1.NCC(F)(F)F. The Morgan fingerprint density at radius 2 is 1.97 bits per heavy atom. The summed E-state index contributed by atoms with van der Waals surface area (Å²) in [5, 5.41) is 4.07. The van der Waals surface area contributed by atoms with E-state index in [1.807, 2.05) is 19.1 Å². The third-order valence-corrected chi connectivity index (χ3v) is 3.67. The Balaban J connectivity index is 0.000000469. The van der Waals surface area contributed by atoms with Crippen LogP contribution in [0, 0.1) is 6.92 Å². The van der Waals surface area contributed by atoms with E-state index in [1.54, 1.807) is 24.5 Å². The molecular formula is C19H19F3N4O4. The number of hydrogen-bond donors (Lipinski definition) is 1. The number of alkyl halides is 3. The molecule has 3 aromatic rings. The summed E-state index contributed by atoms with van der Waals surface area (Å²) < 4.78 is 47.6. The van der Waals surface area contributed by atoms with Crippen LogP contribution < -0.4 is 10.5 Å². The third kappa shape index (κ3) is 6.55. The first-order valence-corrected chi connectivity index (χ1v) is 8.54. The number of ether oxygens (including phenoxy) is 2. The monoisotopic (exact) mass is 424 g/mol. The molecule has 0 radical (unpaired) electrons. The van der Waals surface area contributed by atoms with Crippen molar-refractivity contribution in [3.8, 4) is 17.1 Å². The summed E-state index contributed by atoms with van der Waals surface area (Å²) in [6.45, 7) is 0.830. The Morgan fingerprint density at radius 1 is 1.23 bits per heavy atom. The van der Waals surface area contributed by atoms with E-state index in [0.717, 1.165) is 11.1 Å². The van der Waals surface area contributed by atoms with Gasteiger partial charge in [-0.25, -0.2) is 9.78 Å². The summed E-state index contributed by atoms with van der Waals surface area (Å²) in [7, 11) is 1.32. The van der Waals surface area contributed by atoms with E-state index in [1.165, 1.54) is 13.3 Å². The van der Waals surface area contributed by atoms with Crippen molar-refractivity contribution >= 4 is 5.97 Å². The van der Waals surface area contributed by atoms with Crippen LogP contribution in [0.1, 0.15) is 21.7 Å². The molecule has 0 fully saturated rings. The first kappa shape index (κ1) is 22.8. The van der Waals surface area contributed by atoms with Gasteiger partial charge in [-0.05, 0) is 25.1 Å². The van der Waals surface area contributed by atoms with Gasteiger partial charge < -0.3 is 19.7 Å². The average molecular weight is 424 g/mol. The Kier molecular flexibility index (Phi) is 7.87. The molecule has 0 aliphatic rings. The maximum Gasteiger partial charge on any atom is 0.400 e. The summed E-state index contributed by atoms with van der Waals surface area (Å²) in [6, 6.07) is 6.93. The largest absolute Gasteiger partial charge is 0.473 e. The van der Waals surface area contributed by atoms with Crippen LogP contribution in [-0.4, -0.2) is 40.9 Å². The molecule has 0 atom stereocenters. The van der Waals surface area contributed by atoms with Crippen molar-refractivity contribution in [3.05, 3.63) is 59.7 Å². The van der Waals surface area contributed by atoms with Gasteiger partial charge >= 0.3 is 12.1 Å².